The Balaban J connectivity index is 1.97. The lowest BCUT2D eigenvalue weighted by molar-refractivity contribution is -0.119. The number of hydrazone groups is 1. The van der Waals surface area contributed by atoms with Crippen LogP contribution in [0.25, 0.3) is 0 Å². The van der Waals surface area contributed by atoms with E-state index in [1.165, 1.54) is 7.11 Å². The summed E-state index contributed by atoms with van der Waals surface area (Å²) in [4.78, 5) is 10.8. The molecule has 0 aliphatic carbocycles. The van der Waals surface area contributed by atoms with Crippen molar-refractivity contribution >= 4 is 35.1 Å². The molecular formula is C18H20N4O4S. The van der Waals surface area contributed by atoms with Gasteiger partial charge in [-0.05, 0) is 48.1 Å². The maximum absolute atomic E-state index is 10.8. The molecule has 0 saturated carbocycles. The van der Waals surface area contributed by atoms with Gasteiger partial charge in [-0.1, -0.05) is 12.1 Å². The first-order valence-corrected chi connectivity index (χ1v) is 8.26. The molecule has 8 nitrogen and oxygen atoms in total. The van der Waals surface area contributed by atoms with Crippen LogP contribution >= 0.6 is 12.2 Å². The third-order valence-electron chi connectivity index (χ3n) is 3.29. The Morgan fingerprint density at radius 1 is 1.15 bits per heavy atom. The first kappa shape index (κ1) is 20.0. The molecule has 2 aromatic rings. The van der Waals surface area contributed by atoms with Gasteiger partial charge in [0.1, 0.15) is 5.75 Å². The molecular weight excluding hydrogens is 368 g/mol. The van der Waals surface area contributed by atoms with E-state index in [9.17, 15) is 4.79 Å². The van der Waals surface area contributed by atoms with Crippen LogP contribution in [0.1, 0.15) is 5.56 Å². The summed E-state index contributed by atoms with van der Waals surface area (Å²) in [5.41, 5.74) is 9.26. The van der Waals surface area contributed by atoms with Gasteiger partial charge >= 0.3 is 0 Å². The molecule has 142 valence electrons. The number of ether oxygens (including phenoxy) is 3. The SMILES string of the molecule is COc1ccccc1NC(=S)N/N=C\c1ccc(OCC(N)=O)c(OC)c1. The Morgan fingerprint density at radius 2 is 1.89 bits per heavy atom. The number of amides is 1. The molecule has 4 N–H and O–H groups in total. The highest BCUT2D eigenvalue weighted by atomic mass is 32.1. The van der Waals surface area contributed by atoms with Crippen molar-refractivity contribution in [2.24, 2.45) is 10.8 Å². The van der Waals surface area contributed by atoms with Crippen LogP contribution in [-0.2, 0) is 4.79 Å². The molecule has 0 saturated heterocycles. The maximum atomic E-state index is 10.8. The highest BCUT2D eigenvalue weighted by Crippen LogP contribution is 2.27. The van der Waals surface area contributed by atoms with Gasteiger partial charge < -0.3 is 25.3 Å². The summed E-state index contributed by atoms with van der Waals surface area (Å²) >= 11 is 5.21. The summed E-state index contributed by atoms with van der Waals surface area (Å²) in [5.74, 6) is 0.967. The number of carbonyl (C=O) groups is 1. The van der Waals surface area contributed by atoms with E-state index >= 15 is 0 Å². The fraction of sp³-hybridized carbons (Fsp3) is 0.167. The lowest BCUT2D eigenvalue weighted by Crippen LogP contribution is -2.24. The summed E-state index contributed by atoms with van der Waals surface area (Å²) in [6.45, 7) is -0.228. The Hall–Kier alpha value is -3.33. The van der Waals surface area contributed by atoms with Crippen molar-refractivity contribution in [2.45, 2.75) is 0 Å². The van der Waals surface area contributed by atoms with Gasteiger partial charge in [0.2, 0.25) is 0 Å². The van der Waals surface area contributed by atoms with Crippen LogP contribution in [0.2, 0.25) is 0 Å². The lowest BCUT2D eigenvalue weighted by atomic mass is 10.2. The van der Waals surface area contributed by atoms with Crippen LogP contribution in [0.15, 0.2) is 47.6 Å². The van der Waals surface area contributed by atoms with E-state index < -0.39 is 5.91 Å². The smallest absolute Gasteiger partial charge is 0.255 e. The second-order valence-electron chi connectivity index (χ2n) is 5.19. The second kappa shape index (κ2) is 9.97. The van der Waals surface area contributed by atoms with E-state index in [-0.39, 0.29) is 6.61 Å². The number of hydrogen-bond acceptors (Lipinski definition) is 6. The first-order valence-electron chi connectivity index (χ1n) is 7.85. The van der Waals surface area contributed by atoms with Crippen LogP contribution in [0.3, 0.4) is 0 Å². The van der Waals surface area contributed by atoms with Crippen LogP contribution < -0.4 is 30.7 Å². The molecule has 1 amide bonds. The standard InChI is InChI=1S/C18H20N4O4S/c1-24-14-6-4-3-5-13(14)21-18(27)22-20-10-12-7-8-15(16(9-12)25-2)26-11-17(19)23/h3-10H,11H2,1-2H3,(H2,19,23)(H2,21,22,27)/b20-10-. The van der Waals surface area contributed by atoms with Gasteiger partial charge in [0.15, 0.2) is 23.2 Å². The molecule has 0 aliphatic rings. The Morgan fingerprint density at radius 3 is 2.59 bits per heavy atom. The van der Waals surface area contributed by atoms with E-state index in [2.05, 4.69) is 15.8 Å². The predicted molar refractivity (Wildman–Crippen MR) is 108 cm³/mol. The van der Waals surface area contributed by atoms with Gasteiger partial charge in [-0.15, -0.1) is 0 Å². The number of rotatable bonds is 8. The molecule has 0 fully saturated rings. The van der Waals surface area contributed by atoms with Gasteiger partial charge in [-0.3, -0.25) is 10.2 Å². The summed E-state index contributed by atoms with van der Waals surface area (Å²) in [6.07, 6.45) is 1.57. The highest BCUT2D eigenvalue weighted by Gasteiger charge is 2.07. The second-order valence-corrected chi connectivity index (χ2v) is 5.60. The van der Waals surface area contributed by atoms with Gasteiger partial charge in [-0.2, -0.15) is 5.10 Å². The monoisotopic (exact) mass is 388 g/mol. The fourth-order valence-corrected chi connectivity index (χ4v) is 2.26. The molecule has 2 rings (SSSR count). The number of anilines is 1. The summed E-state index contributed by atoms with van der Waals surface area (Å²) < 4.78 is 15.8. The minimum absolute atomic E-state index is 0.228. The third-order valence-corrected chi connectivity index (χ3v) is 3.49. The molecule has 0 aliphatic heterocycles. The Labute approximate surface area is 162 Å². The topological polar surface area (TPSA) is 107 Å². The molecule has 0 bridgehead atoms. The summed E-state index contributed by atoms with van der Waals surface area (Å²) in [6, 6.07) is 12.5. The number of nitrogens with two attached hydrogens (primary N) is 1. The fourth-order valence-electron chi connectivity index (χ4n) is 2.10. The molecule has 27 heavy (non-hydrogen) atoms. The molecule has 0 spiro atoms. The van der Waals surface area contributed by atoms with Crippen molar-refractivity contribution in [3.05, 3.63) is 48.0 Å². The van der Waals surface area contributed by atoms with Crippen molar-refractivity contribution in [3.63, 3.8) is 0 Å². The molecule has 0 heterocycles. The number of nitrogens with one attached hydrogen (secondary N) is 2. The number of methoxy groups -OCH3 is 2. The number of carbonyl (C=O) groups excluding carboxylic acids is 1. The molecule has 0 radical (unpaired) electrons. The quantitative estimate of drug-likeness (QED) is 0.360. The number of primary amides is 1. The average molecular weight is 388 g/mol. The van der Waals surface area contributed by atoms with E-state index in [1.54, 1.807) is 31.5 Å². The van der Waals surface area contributed by atoms with Crippen molar-refractivity contribution in [1.29, 1.82) is 0 Å². The molecule has 0 atom stereocenters. The Kier molecular flexibility index (Phi) is 7.38. The van der Waals surface area contributed by atoms with Crippen molar-refractivity contribution in [2.75, 3.05) is 26.1 Å². The van der Waals surface area contributed by atoms with E-state index in [0.717, 1.165) is 11.3 Å². The molecule has 0 aromatic heterocycles. The largest absolute Gasteiger partial charge is 0.495 e. The number of thiocarbonyl (C=S) groups is 1. The van der Waals surface area contributed by atoms with Gasteiger partial charge in [-0.25, -0.2) is 0 Å². The van der Waals surface area contributed by atoms with Crippen LogP contribution in [-0.4, -0.2) is 38.1 Å². The number of hydrogen-bond donors (Lipinski definition) is 3. The predicted octanol–water partition coefficient (Wildman–Crippen LogP) is 1.89. The van der Waals surface area contributed by atoms with Crippen molar-refractivity contribution in [3.8, 4) is 17.2 Å². The van der Waals surface area contributed by atoms with Gasteiger partial charge in [0.25, 0.3) is 5.91 Å². The van der Waals surface area contributed by atoms with E-state index in [0.29, 0.717) is 22.4 Å². The molecule has 2 aromatic carbocycles. The number of nitrogens with zero attached hydrogens (tertiary/aromatic N) is 1. The highest BCUT2D eigenvalue weighted by molar-refractivity contribution is 7.80. The molecule has 9 heteroatoms. The minimum atomic E-state index is -0.567. The Bertz CT molecular complexity index is 842. The van der Waals surface area contributed by atoms with Gasteiger partial charge in [0.05, 0.1) is 26.1 Å². The average Bonchev–Trinajstić information content (AvgIpc) is 2.67. The normalized spacial score (nSPS) is 10.3. The zero-order valence-electron chi connectivity index (χ0n) is 14.9. The zero-order chi connectivity index (χ0) is 19.6. The molecule has 0 unspecified atom stereocenters. The zero-order valence-corrected chi connectivity index (χ0v) is 15.7. The summed E-state index contributed by atoms with van der Waals surface area (Å²) in [7, 11) is 3.08. The first-order chi connectivity index (χ1) is 13.0. The third kappa shape index (κ3) is 6.15. The van der Waals surface area contributed by atoms with Crippen LogP contribution in [0.5, 0.6) is 17.2 Å². The van der Waals surface area contributed by atoms with Crippen molar-refractivity contribution in [1.82, 2.24) is 5.43 Å². The van der Waals surface area contributed by atoms with Crippen molar-refractivity contribution < 1.29 is 19.0 Å². The lowest BCUT2D eigenvalue weighted by Gasteiger charge is -2.11. The van der Waals surface area contributed by atoms with Gasteiger partial charge in [0, 0.05) is 0 Å². The summed E-state index contributed by atoms with van der Waals surface area (Å²) in [5, 5.41) is 7.39. The van der Waals surface area contributed by atoms with Crippen LogP contribution in [0, 0.1) is 0 Å². The van der Waals surface area contributed by atoms with E-state index in [1.807, 2.05) is 24.3 Å². The maximum Gasteiger partial charge on any atom is 0.255 e. The number of benzene rings is 2. The number of para-hydroxylation sites is 2. The minimum Gasteiger partial charge on any atom is -0.495 e. The van der Waals surface area contributed by atoms with Crippen LogP contribution in [0.4, 0.5) is 5.69 Å². The van der Waals surface area contributed by atoms with E-state index in [4.69, 9.17) is 32.2 Å².